The number of benzene rings is 1. The molecule has 0 spiro atoms. The van der Waals surface area contributed by atoms with Gasteiger partial charge in [-0.05, 0) is 32.4 Å². The van der Waals surface area contributed by atoms with Gasteiger partial charge in [0.05, 0.1) is 0 Å². The number of halogens is 3. The molecule has 1 aromatic carbocycles. The highest BCUT2D eigenvalue weighted by atomic mass is 19.4. The van der Waals surface area contributed by atoms with Crippen LogP contribution in [0.4, 0.5) is 23.8 Å². The second-order valence-electron chi connectivity index (χ2n) is 8.27. The molecular formula is C21H25F3N4O3. The quantitative estimate of drug-likeness (QED) is 0.789. The summed E-state index contributed by atoms with van der Waals surface area (Å²) in [6.45, 7) is 6.68. The zero-order valence-corrected chi connectivity index (χ0v) is 17.6. The van der Waals surface area contributed by atoms with Gasteiger partial charge in [0.25, 0.3) is 0 Å². The molecule has 1 unspecified atom stereocenters. The number of alkyl halides is 3. The number of aliphatic hydroxyl groups is 1. The lowest BCUT2D eigenvalue weighted by molar-refractivity contribution is -0.143. The van der Waals surface area contributed by atoms with Crippen LogP contribution in [0, 0.1) is 0 Å². The fourth-order valence-corrected chi connectivity index (χ4v) is 3.24. The summed E-state index contributed by atoms with van der Waals surface area (Å²) in [7, 11) is 0. The summed E-state index contributed by atoms with van der Waals surface area (Å²) >= 11 is 0. The van der Waals surface area contributed by atoms with Gasteiger partial charge in [0.1, 0.15) is 11.7 Å². The average Bonchev–Trinajstić information content (AvgIpc) is 2.71. The third kappa shape index (κ3) is 5.63. The average molecular weight is 438 g/mol. The molecule has 0 bridgehead atoms. The number of anilines is 1. The number of ether oxygens (including phenoxy) is 1. The van der Waals surface area contributed by atoms with Gasteiger partial charge in [-0.1, -0.05) is 30.3 Å². The summed E-state index contributed by atoms with van der Waals surface area (Å²) in [5.74, 6) is 0.210. The van der Waals surface area contributed by atoms with Crippen molar-refractivity contribution in [2.75, 3.05) is 31.1 Å². The van der Waals surface area contributed by atoms with E-state index in [2.05, 4.69) is 10.2 Å². The fraction of sp³-hybridized carbons (Fsp3) is 0.476. The zero-order valence-electron chi connectivity index (χ0n) is 17.6. The largest absolute Gasteiger partial charge is 0.444 e. The van der Waals surface area contributed by atoms with Crippen molar-refractivity contribution in [3.63, 3.8) is 0 Å². The number of aliphatic hydroxyl groups excluding tert-OH is 1. The molecule has 31 heavy (non-hydrogen) atoms. The van der Waals surface area contributed by atoms with Crippen LogP contribution in [0.3, 0.4) is 0 Å². The number of piperazine rings is 1. The first kappa shape index (κ1) is 22.8. The maximum Gasteiger partial charge on any atom is 0.435 e. The van der Waals surface area contributed by atoms with Crippen molar-refractivity contribution < 1.29 is 27.8 Å². The number of amides is 1. The maximum absolute atomic E-state index is 13.5. The topological polar surface area (TPSA) is 78.8 Å². The van der Waals surface area contributed by atoms with Crippen LogP contribution in [-0.4, -0.2) is 58.1 Å². The third-order valence-electron chi connectivity index (χ3n) is 4.74. The highest BCUT2D eigenvalue weighted by molar-refractivity contribution is 5.68. The fourth-order valence-electron chi connectivity index (χ4n) is 3.24. The molecule has 1 amide bonds. The number of aromatic nitrogens is 2. The van der Waals surface area contributed by atoms with E-state index >= 15 is 0 Å². The van der Waals surface area contributed by atoms with E-state index in [1.807, 2.05) is 0 Å². The Kier molecular flexibility index (Phi) is 6.40. The number of carbonyl (C=O) groups is 1. The Morgan fingerprint density at radius 2 is 1.68 bits per heavy atom. The lowest BCUT2D eigenvalue weighted by Gasteiger charge is -2.36. The van der Waals surface area contributed by atoms with E-state index in [0.717, 1.165) is 0 Å². The van der Waals surface area contributed by atoms with Gasteiger partial charge in [0.15, 0.2) is 11.5 Å². The van der Waals surface area contributed by atoms with Gasteiger partial charge < -0.3 is 19.6 Å². The summed E-state index contributed by atoms with van der Waals surface area (Å²) in [6, 6.07) is 9.29. The minimum absolute atomic E-state index is 0.210. The number of nitrogens with zero attached hydrogens (tertiary/aromatic N) is 4. The van der Waals surface area contributed by atoms with Crippen LogP contribution in [0.25, 0.3) is 0 Å². The van der Waals surface area contributed by atoms with Crippen molar-refractivity contribution >= 4 is 11.9 Å². The van der Waals surface area contributed by atoms with Gasteiger partial charge in [-0.25, -0.2) is 4.79 Å². The van der Waals surface area contributed by atoms with E-state index in [1.165, 1.54) is 6.07 Å². The lowest BCUT2D eigenvalue weighted by Crippen LogP contribution is -2.50. The van der Waals surface area contributed by atoms with Crippen LogP contribution in [0.1, 0.15) is 43.7 Å². The van der Waals surface area contributed by atoms with Gasteiger partial charge in [-0.2, -0.15) is 13.2 Å². The minimum Gasteiger partial charge on any atom is -0.444 e. The number of hydrogen-bond acceptors (Lipinski definition) is 6. The molecule has 3 rings (SSSR count). The molecule has 0 saturated carbocycles. The number of carbonyl (C=O) groups excluding carboxylic acids is 1. The molecule has 1 saturated heterocycles. The normalized spacial score (nSPS) is 16.2. The molecule has 0 radical (unpaired) electrons. The van der Waals surface area contributed by atoms with E-state index in [4.69, 9.17) is 4.74 Å². The monoisotopic (exact) mass is 438 g/mol. The van der Waals surface area contributed by atoms with Crippen LogP contribution >= 0.6 is 0 Å². The van der Waals surface area contributed by atoms with Crippen molar-refractivity contribution in [1.29, 1.82) is 0 Å². The summed E-state index contributed by atoms with van der Waals surface area (Å²) in [5, 5.41) is 17.8. The van der Waals surface area contributed by atoms with Gasteiger partial charge in [-0.3, -0.25) is 0 Å². The Labute approximate surface area is 178 Å². The van der Waals surface area contributed by atoms with Crippen LogP contribution in [-0.2, 0) is 10.9 Å². The summed E-state index contributed by atoms with van der Waals surface area (Å²) in [6.07, 6.45) is -6.70. The molecular weight excluding hydrogens is 413 g/mol. The first-order valence-electron chi connectivity index (χ1n) is 9.86. The third-order valence-corrected chi connectivity index (χ3v) is 4.74. The van der Waals surface area contributed by atoms with Crippen LogP contribution < -0.4 is 4.90 Å². The molecule has 10 heteroatoms. The van der Waals surface area contributed by atoms with E-state index in [1.54, 1.807) is 60.9 Å². The summed E-state index contributed by atoms with van der Waals surface area (Å²) in [5.41, 5.74) is -1.88. The predicted octanol–water partition coefficient (Wildman–Crippen LogP) is 3.63. The van der Waals surface area contributed by atoms with Crippen molar-refractivity contribution in [1.82, 2.24) is 15.1 Å². The number of hydrogen-bond donors (Lipinski definition) is 1. The van der Waals surface area contributed by atoms with Gasteiger partial charge in [0, 0.05) is 31.7 Å². The van der Waals surface area contributed by atoms with E-state index < -0.39 is 29.7 Å². The van der Waals surface area contributed by atoms with Crippen LogP contribution in [0.5, 0.6) is 0 Å². The predicted molar refractivity (Wildman–Crippen MR) is 108 cm³/mol. The van der Waals surface area contributed by atoms with E-state index in [-0.39, 0.29) is 11.4 Å². The Morgan fingerprint density at radius 1 is 1.06 bits per heavy atom. The van der Waals surface area contributed by atoms with Crippen molar-refractivity contribution in [3.05, 3.63) is 53.2 Å². The smallest absolute Gasteiger partial charge is 0.435 e. The van der Waals surface area contributed by atoms with Crippen molar-refractivity contribution in [2.45, 2.75) is 38.7 Å². The SMILES string of the molecule is CC(C)(C)OC(=O)N1CCN(c2cc(C(O)c3ccccc3)c(C(F)(F)F)nn2)CC1. The molecule has 1 fully saturated rings. The van der Waals surface area contributed by atoms with Crippen LogP contribution in [0.15, 0.2) is 36.4 Å². The van der Waals surface area contributed by atoms with Gasteiger partial charge in [0.2, 0.25) is 0 Å². The van der Waals surface area contributed by atoms with Gasteiger partial charge in [-0.15, -0.1) is 10.2 Å². The molecule has 1 atom stereocenters. The highest BCUT2D eigenvalue weighted by Crippen LogP contribution is 2.36. The second kappa shape index (κ2) is 8.70. The molecule has 1 N–H and O–H groups in total. The Balaban J connectivity index is 1.81. The second-order valence-corrected chi connectivity index (χ2v) is 8.27. The van der Waals surface area contributed by atoms with Gasteiger partial charge >= 0.3 is 12.3 Å². The zero-order chi connectivity index (χ0) is 22.8. The van der Waals surface area contributed by atoms with E-state index in [0.29, 0.717) is 31.7 Å². The highest BCUT2D eigenvalue weighted by Gasteiger charge is 2.39. The van der Waals surface area contributed by atoms with Crippen LogP contribution in [0.2, 0.25) is 0 Å². The molecule has 168 valence electrons. The van der Waals surface area contributed by atoms with E-state index in [9.17, 15) is 23.1 Å². The molecule has 1 aliphatic rings. The first-order chi connectivity index (χ1) is 14.5. The Bertz CT molecular complexity index is 908. The summed E-state index contributed by atoms with van der Waals surface area (Å²) in [4.78, 5) is 15.5. The molecule has 0 aliphatic carbocycles. The molecule has 2 aromatic rings. The molecule has 2 heterocycles. The standard InChI is InChI=1S/C21H25F3N4O3/c1-20(2,3)31-19(30)28-11-9-27(10-12-28)16-13-15(18(26-25-16)21(22,23)24)17(29)14-7-5-4-6-8-14/h4-8,13,17,29H,9-12H2,1-3H3. The molecule has 1 aliphatic heterocycles. The lowest BCUT2D eigenvalue weighted by atomic mass is 10.00. The van der Waals surface area contributed by atoms with Crippen molar-refractivity contribution in [3.8, 4) is 0 Å². The molecule has 1 aromatic heterocycles. The molecule has 7 nitrogen and oxygen atoms in total. The number of rotatable bonds is 3. The minimum atomic E-state index is -4.76. The first-order valence-corrected chi connectivity index (χ1v) is 9.86. The maximum atomic E-state index is 13.5. The summed E-state index contributed by atoms with van der Waals surface area (Å²) < 4.78 is 45.8. The Hall–Kier alpha value is -2.88. The Morgan fingerprint density at radius 3 is 2.23 bits per heavy atom. The van der Waals surface area contributed by atoms with Crippen molar-refractivity contribution in [2.24, 2.45) is 0 Å².